The van der Waals surface area contributed by atoms with Crippen molar-refractivity contribution in [3.05, 3.63) is 12.7 Å². The summed E-state index contributed by atoms with van der Waals surface area (Å²) in [5.41, 5.74) is -0.889. The number of carbonyl (C=O) groups excluding carboxylic acids is 1. The van der Waals surface area contributed by atoms with E-state index in [-0.39, 0.29) is 34.6 Å². The first-order valence-electron chi connectivity index (χ1n) is 9.56. The number of aliphatic hydroxyl groups excluding tert-OH is 1. The van der Waals surface area contributed by atoms with E-state index in [1.165, 1.54) is 0 Å². The molecule has 3 saturated carbocycles. The topological polar surface area (TPSA) is 46.5 Å². The number of allylic oxidation sites excluding steroid dienone is 1. The summed E-state index contributed by atoms with van der Waals surface area (Å²) in [5.74, 6) is 0.929. The van der Waals surface area contributed by atoms with E-state index < -0.39 is 11.5 Å². The fraction of sp³-hybridized carbons (Fsp3) is 0.857. The molecule has 0 aromatic carbocycles. The van der Waals surface area contributed by atoms with Crippen LogP contribution in [0.3, 0.4) is 0 Å². The highest BCUT2D eigenvalue weighted by molar-refractivity contribution is 5.89. The Bertz CT molecular complexity index is 543. The Labute approximate surface area is 146 Å². The monoisotopic (exact) mass is 334 g/mol. The zero-order chi connectivity index (χ0) is 17.9. The molecule has 8 atom stereocenters. The van der Waals surface area contributed by atoms with Crippen molar-refractivity contribution in [2.45, 2.75) is 72.0 Å². The third-order valence-corrected chi connectivity index (χ3v) is 8.57. The van der Waals surface area contributed by atoms with Gasteiger partial charge in [0.15, 0.2) is 0 Å². The van der Waals surface area contributed by atoms with Crippen molar-refractivity contribution in [2.75, 3.05) is 7.11 Å². The molecule has 0 heterocycles. The fourth-order valence-electron chi connectivity index (χ4n) is 6.66. The van der Waals surface area contributed by atoms with Gasteiger partial charge in [0.25, 0.3) is 0 Å². The van der Waals surface area contributed by atoms with Gasteiger partial charge in [0.1, 0.15) is 5.78 Å². The fourth-order valence-corrected chi connectivity index (χ4v) is 6.66. The summed E-state index contributed by atoms with van der Waals surface area (Å²) < 4.78 is 5.89. The Kier molecular flexibility index (Phi) is 4.28. The van der Waals surface area contributed by atoms with E-state index in [9.17, 15) is 9.90 Å². The molecule has 0 amide bonds. The van der Waals surface area contributed by atoms with Crippen molar-refractivity contribution < 1.29 is 14.6 Å². The Morgan fingerprint density at radius 1 is 1.25 bits per heavy atom. The minimum absolute atomic E-state index is 0.00928. The number of ether oxygens (including phenoxy) is 1. The summed E-state index contributed by atoms with van der Waals surface area (Å²) in [4.78, 5) is 13.4. The lowest BCUT2D eigenvalue weighted by molar-refractivity contribution is -0.188. The molecule has 0 aromatic rings. The lowest BCUT2D eigenvalue weighted by atomic mass is 9.44. The molecule has 1 N–H and O–H groups in total. The predicted molar refractivity (Wildman–Crippen MR) is 95.6 cm³/mol. The minimum atomic E-state index is -0.639. The molecule has 3 aliphatic carbocycles. The minimum Gasteiger partial charge on any atom is -0.392 e. The van der Waals surface area contributed by atoms with Gasteiger partial charge in [-0.1, -0.05) is 26.8 Å². The molecule has 3 nitrogen and oxygen atoms in total. The molecule has 0 spiro atoms. The molecular weight excluding hydrogens is 300 g/mol. The van der Waals surface area contributed by atoms with Crippen LogP contribution in [0.1, 0.15) is 59.8 Å². The summed E-state index contributed by atoms with van der Waals surface area (Å²) >= 11 is 0. The predicted octanol–water partition coefficient (Wildman–Crippen LogP) is 4.00. The van der Waals surface area contributed by atoms with Crippen molar-refractivity contribution in [2.24, 2.45) is 34.0 Å². The largest absolute Gasteiger partial charge is 0.392 e. The van der Waals surface area contributed by atoms with E-state index in [1.54, 1.807) is 13.2 Å². The van der Waals surface area contributed by atoms with Crippen molar-refractivity contribution in [3.63, 3.8) is 0 Å². The second kappa shape index (κ2) is 5.67. The number of carbonyl (C=O) groups is 1. The van der Waals surface area contributed by atoms with Gasteiger partial charge in [-0.25, -0.2) is 0 Å². The highest BCUT2D eigenvalue weighted by Gasteiger charge is 2.67. The molecule has 0 aromatic heterocycles. The van der Waals surface area contributed by atoms with Crippen molar-refractivity contribution >= 4 is 5.78 Å². The van der Waals surface area contributed by atoms with Gasteiger partial charge in [0.05, 0.1) is 12.2 Å². The highest BCUT2D eigenvalue weighted by atomic mass is 16.5. The van der Waals surface area contributed by atoms with Gasteiger partial charge in [0, 0.05) is 23.9 Å². The molecule has 136 valence electrons. The standard InChI is InChI=1S/C21H34O3/c1-7-19(4)12-16(22)20(5)13(2)8-10-21(14(3)18(19)23)11-9-15(24-6)17(20)21/h7,13-17,22H,1,8-12H2,2-6H3. The molecule has 3 rings (SSSR count). The Morgan fingerprint density at radius 3 is 2.46 bits per heavy atom. The molecule has 3 aliphatic rings. The molecule has 3 heteroatoms. The van der Waals surface area contributed by atoms with E-state index in [0.29, 0.717) is 12.3 Å². The Hall–Kier alpha value is -0.670. The van der Waals surface area contributed by atoms with Crippen LogP contribution in [-0.4, -0.2) is 30.2 Å². The van der Waals surface area contributed by atoms with Crippen LogP contribution < -0.4 is 0 Å². The number of ketones is 1. The van der Waals surface area contributed by atoms with Gasteiger partial charge in [-0.3, -0.25) is 4.79 Å². The van der Waals surface area contributed by atoms with Crippen LogP contribution >= 0.6 is 0 Å². The van der Waals surface area contributed by atoms with Crippen LogP contribution in [0.2, 0.25) is 0 Å². The molecule has 8 unspecified atom stereocenters. The van der Waals surface area contributed by atoms with Crippen molar-refractivity contribution in [1.82, 2.24) is 0 Å². The van der Waals surface area contributed by atoms with Gasteiger partial charge in [0.2, 0.25) is 0 Å². The molecule has 2 bridgehead atoms. The molecule has 3 fully saturated rings. The number of hydrogen-bond acceptors (Lipinski definition) is 3. The van der Waals surface area contributed by atoms with Crippen LogP contribution in [0, 0.1) is 34.0 Å². The molecule has 24 heavy (non-hydrogen) atoms. The maximum Gasteiger partial charge on any atom is 0.145 e. The average molecular weight is 334 g/mol. The summed E-state index contributed by atoms with van der Waals surface area (Å²) in [6, 6.07) is 0. The van der Waals surface area contributed by atoms with Crippen molar-refractivity contribution in [3.8, 4) is 0 Å². The zero-order valence-electron chi connectivity index (χ0n) is 16.0. The quantitative estimate of drug-likeness (QED) is 0.777. The number of Topliss-reactive ketones (excluding diaryl/α,β-unsaturated/α-hetero) is 1. The second-order valence-electron chi connectivity index (χ2n) is 9.26. The van der Waals surface area contributed by atoms with Gasteiger partial charge in [-0.05, 0) is 56.3 Å². The van der Waals surface area contributed by atoms with E-state index >= 15 is 0 Å². The lowest BCUT2D eigenvalue weighted by Crippen LogP contribution is -2.62. The first kappa shape index (κ1) is 18.1. The summed E-state index contributed by atoms with van der Waals surface area (Å²) in [6.07, 6.45) is 6.08. The first-order chi connectivity index (χ1) is 11.2. The average Bonchev–Trinajstić information content (AvgIpc) is 2.96. The maximum atomic E-state index is 13.4. The zero-order valence-corrected chi connectivity index (χ0v) is 16.0. The SMILES string of the molecule is C=CC1(C)CC(O)C2(C)C(C)CCC3(CCC(OC)C32)C(C)C1=O. The Balaban J connectivity index is 2.21. The van der Waals surface area contributed by atoms with E-state index in [2.05, 4.69) is 27.4 Å². The number of methoxy groups -OCH3 is 1. The van der Waals surface area contributed by atoms with Gasteiger partial charge in [-0.2, -0.15) is 0 Å². The number of hydrogen-bond donors (Lipinski definition) is 1. The first-order valence-corrected chi connectivity index (χ1v) is 9.56. The number of aliphatic hydroxyl groups is 1. The molecular formula is C21H34O3. The van der Waals surface area contributed by atoms with Crippen LogP contribution in [0.5, 0.6) is 0 Å². The van der Waals surface area contributed by atoms with E-state index in [1.807, 2.05) is 6.92 Å². The van der Waals surface area contributed by atoms with E-state index in [4.69, 9.17) is 4.74 Å². The van der Waals surface area contributed by atoms with Crippen LogP contribution in [0.25, 0.3) is 0 Å². The smallest absolute Gasteiger partial charge is 0.145 e. The van der Waals surface area contributed by atoms with Crippen LogP contribution in [0.4, 0.5) is 0 Å². The van der Waals surface area contributed by atoms with Gasteiger partial charge in [-0.15, -0.1) is 6.58 Å². The van der Waals surface area contributed by atoms with Crippen LogP contribution in [0.15, 0.2) is 12.7 Å². The highest BCUT2D eigenvalue weighted by Crippen LogP contribution is 2.68. The second-order valence-corrected chi connectivity index (χ2v) is 9.26. The summed E-state index contributed by atoms with van der Waals surface area (Å²) in [7, 11) is 1.79. The Morgan fingerprint density at radius 2 is 1.88 bits per heavy atom. The van der Waals surface area contributed by atoms with Gasteiger partial charge >= 0.3 is 0 Å². The summed E-state index contributed by atoms with van der Waals surface area (Å²) in [5, 5.41) is 11.3. The normalized spacial score (nSPS) is 54.8. The molecule has 0 radical (unpaired) electrons. The van der Waals surface area contributed by atoms with Gasteiger partial charge < -0.3 is 9.84 Å². The van der Waals surface area contributed by atoms with E-state index in [0.717, 1.165) is 25.7 Å². The third-order valence-electron chi connectivity index (χ3n) is 8.57. The number of rotatable bonds is 2. The molecule has 0 aliphatic heterocycles. The molecule has 0 saturated heterocycles. The van der Waals surface area contributed by atoms with Crippen molar-refractivity contribution in [1.29, 1.82) is 0 Å². The summed E-state index contributed by atoms with van der Waals surface area (Å²) in [6.45, 7) is 12.6. The van der Waals surface area contributed by atoms with Crippen LogP contribution in [-0.2, 0) is 9.53 Å². The maximum absolute atomic E-state index is 13.4. The third kappa shape index (κ3) is 2.07. The lowest BCUT2D eigenvalue weighted by Gasteiger charge is -2.61.